The molecule has 0 unspecified atom stereocenters. The number of sulfonamides is 2. The van der Waals surface area contributed by atoms with Gasteiger partial charge in [0, 0.05) is 29.9 Å². The van der Waals surface area contributed by atoms with E-state index in [1.165, 1.54) is 8.61 Å². The fourth-order valence-electron chi connectivity index (χ4n) is 6.54. The third-order valence-electron chi connectivity index (χ3n) is 9.04. The zero-order valence-corrected chi connectivity index (χ0v) is 27.7. The second-order valence-corrected chi connectivity index (χ2v) is 16.3. The predicted molar refractivity (Wildman–Crippen MR) is 175 cm³/mol. The molecule has 0 saturated carbocycles. The van der Waals surface area contributed by atoms with Crippen molar-refractivity contribution in [1.82, 2.24) is 8.61 Å². The first-order chi connectivity index (χ1) is 21.4. The highest BCUT2D eigenvalue weighted by atomic mass is 35.5. The van der Waals surface area contributed by atoms with Gasteiger partial charge in [-0.3, -0.25) is 4.79 Å². The lowest BCUT2D eigenvalue weighted by Gasteiger charge is -2.51. The number of piperidine rings is 2. The summed E-state index contributed by atoms with van der Waals surface area (Å²) >= 11 is 6.18. The molecule has 7 nitrogen and oxygen atoms in total. The van der Waals surface area contributed by atoms with Crippen LogP contribution in [-0.4, -0.2) is 43.8 Å². The van der Waals surface area contributed by atoms with Gasteiger partial charge in [0.2, 0.25) is 20.0 Å². The van der Waals surface area contributed by atoms with Crippen LogP contribution in [0.15, 0.2) is 107 Å². The maximum Gasteiger partial charge on any atom is 0.243 e. The molecule has 4 aromatic carbocycles. The second-order valence-electron chi connectivity index (χ2n) is 12.1. The van der Waals surface area contributed by atoms with Crippen LogP contribution in [0.25, 0.3) is 0 Å². The normalized spacial score (nSPS) is 23.1. The van der Waals surface area contributed by atoms with Crippen LogP contribution >= 0.6 is 11.6 Å². The zero-order chi connectivity index (χ0) is 32.1. The molecule has 2 aliphatic rings. The van der Waals surface area contributed by atoms with E-state index in [0.29, 0.717) is 10.6 Å². The van der Waals surface area contributed by atoms with Crippen molar-refractivity contribution in [2.24, 2.45) is 5.92 Å². The summed E-state index contributed by atoms with van der Waals surface area (Å²) in [7, 11) is -8.16. The molecular weight excluding hydrogens is 628 g/mol. The standard InChI is InChI=1S/C35H35ClN2O5S2/c1-23-4-10-26(11-5-23)32-20-34-31(22-37(32)44(40,41)29-16-6-24(2)7-17-29)35(39)21-33(27-12-14-28(36)15-13-27)38(34)45(42,43)30-18-8-25(3)9-19-30/h4-19,31-34H,20-22H2,1-3H3/t31-,32+,33+,34+/m1/s1. The van der Waals surface area contributed by atoms with Gasteiger partial charge >= 0.3 is 0 Å². The fraction of sp³-hybridized carbons (Fsp3) is 0.286. The minimum atomic E-state index is -4.12. The summed E-state index contributed by atoms with van der Waals surface area (Å²) in [4.78, 5) is 14.3. The van der Waals surface area contributed by atoms with Gasteiger partial charge in [-0.2, -0.15) is 8.61 Å². The number of carbonyl (C=O) groups is 1. The lowest BCUT2D eigenvalue weighted by molar-refractivity contribution is -0.132. The van der Waals surface area contributed by atoms with Crippen LogP contribution in [0.2, 0.25) is 5.02 Å². The van der Waals surface area contributed by atoms with Crippen molar-refractivity contribution >= 4 is 37.4 Å². The molecule has 6 rings (SSSR count). The Kier molecular flexibility index (Phi) is 8.52. The maximum absolute atomic E-state index is 14.6. The summed E-state index contributed by atoms with van der Waals surface area (Å²) in [5.74, 6) is -1.02. The smallest absolute Gasteiger partial charge is 0.243 e. The van der Waals surface area contributed by atoms with Crippen LogP contribution in [0, 0.1) is 26.7 Å². The molecule has 2 aliphatic heterocycles. The quantitative estimate of drug-likeness (QED) is 0.227. The molecule has 0 spiro atoms. The number of hydrogen-bond donors (Lipinski definition) is 0. The number of aryl methyl sites for hydroxylation is 3. The average Bonchev–Trinajstić information content (AvgIpc) is 3.01. The van der Waals surface area contributed by atoms with Crippen molar-refractivity contribution in [2.75, 3.05) is 6.54 Å². The van der Waals surface area contributed by atoms with Crippen LogP contribution in [0.1, 0.15) is 52.7 Å². The number of fused-ring (bicyclic) bond motifs is 1. The number of nitrogens with zero attached hydrogens (tertiary/aromatic N) is 2. The molecule has 0 N–H and O–H groups in total. The van der Waals surface area contributed by atoms with Crippen molar-refractivity contribution in [3.63, 3.8) is 0 Å². The van der Waals surface area contributed by atoms with E-state index >= 15 is 0 Å². The zero-order valence-electron chi connectivity index (χ0n) is 25.3. The van der Waals surface area contributed by atoms with Gasteiger partial charge in [-0.05, 0) is 74.7 Å². The monoisotopic (exact) mass is 662 g/mol. The number of carbonyl (C=O) groups excluding carboxylic acids is 1. The number of halogens is 1. The van der Waals surface area contributed by atoms with Crippen LogP contribution in [0.3, 0.4) is 0 Å². The third-order valence-corrected chi connectivity index (χ3v) is 13.1. The summed E-state index contributed by atoms with van der Waals surface area (Å²) in [6.07, 6.45) is 0.0290. The molecule has 0 bridgehead atoms. The molecule has 4 atom stereocenters. The van der Waals surface area contributed by atoms with Crippen molar-refractivity contribution in [3.05, 3.63) is 130 Å². The van der Waals surface area contributed by atoms with Crippen molar-refractivity contribution in [3.8, 4) is 0 Å². The van der Waals surface area contributed by atoms with E-state index < -0.39 is 44.1 Å². The third kappa shape index (κ3) is 6.00. The summed E-state index contributed by atoms with van der Waals surface area (Å²) < 4.78 is 60.6. The number of rotatable bonds is 6. The molecule has 0 amide bonds. The highest BCUT2D eigenvalue weighted by molar-refractivity contribution is 7.89. The lowest BCUT2D eigenvalue weighted by Crippen LogP contribution is -2.60. The van der Waals surface area contributed by atoms with Gasteiger partial charge in [-0.25, -0.2) is 16.8 Å². The molecular formula is C35H35ClN2O5S2. The Hall–Kier alpha value is -3.34. The van der Waals surface area contributed by atoms with Gasteiger partial charge in [-0.15, -0.1) is 0 Å². The SMILES string of the molecule is Cc1ccc([C@@H]2C[C@H]3[C@@H](CN2S(=O)(=O)c2ccc(C)cc2)C(=O)C[C@@H](c2ccc(Cl)cc2)N3S(=O)(=O)c2ccc(C)cc2)cc1. The Morgan fingerprint density at radius 2 is 1.07 bits per heavy atom. The van der Waals surface area contributed by atoms with Gasteiger partial charge in [-0.1, -0.05) is 89.0 Å². The Bertz CT molecular complexity index is 1930. The van der Waals surface area contributed by atoms with E-state index in [0.717, 1.165) is 22.3 Å². The van der Waals surface area contributed by atoms with Gasteiger partial charge in [0.15, 0.2) is 0 Å². The summed E-state index contributed by atoms with van der Waals surface area (Å²) in [6, 6.07) is 25.6. The molecule has 2 heterocycles. The first-order valence-corrected chi connectivity index (χ1v) is 18.2. The van der Waals surface area contributed by atoms with E-state index in [9.17, 15) is 21.6 Å². The molecule has 0 aliphatic carbocycles. The van der Waals surface area contributed by atoms with Crippen molar-refractivity contribution in [2.45, 2.75) is 61.5 Å². The van der Waals surface area contributed by atoms with Gasteiger partial charge < -0.3 is 0 Å². The lowest BCUT2D eigenvalue weighted by atomic mass is 9.77. The average molecular weight is 663 g/mol. The van der Waals surface area contributed by atoms with E-state index in [4.69, 9.17) is 11.6 Å². The Balaban J connectivity index is 1.51. The molecule has 45 heavy (non-hydrogen) atoms. The summed E-state index contributed by atoms with van der Waals surface area (Å²) in [6.45, 7) is 5.59. The Morgan fingerprint density at radius 3 is 1.60 bits per heavy atom. The number of benzene rings is 4. The van der Waals surface area contributed by atoms with E-state index in [1.807, 2.05) is 45.0 Å². The predicted octanol–water partition coefficient (Wildman–Crippen LogP) is 6.79. The molecule has 2 saturated heterocycles. The molecule has 0 radical (unpaired) electrons. The first-order valence-electron chi connectivity index (χ1n) is 14.9. The number of ketones is 1. The molecule has 0 aromatic heterocycles. The second kappa shape index (κ2) is 12.1. The van der Waals surface area contributed by atoms with E-state index in [1.54, 1.807) is 72.8 Å². The maximum atomic E-state index is 14.6. The minimum absolute atomic E-state index is 0.0818. The van der Waals surface area contributed by atoms with E-state index in [-0.39, 0.29) is 35.0 Å². The van der Waals surface area contributed by atoms with Crippen molar-refractivity contribution < 1.29 is 21.6 Å². The van der Waals surface area contributed by atoms with Crippen LogP contribution < -0.4 is 0 Å². The Morgan fingerprint density at radius 1 is 0.622 bits per heavy atom. The van der Waals surface area contributed by atoms with Crippen LogP contribution in [-0.2, 0) is 24.8 Å². The molecule has 10 heteroatoms. The number of Topliss-reactive ketones (excluding diaryl/α,β-unsaturated/α-hetero) is 1. The summed E-state index contributed by atoms with van der Waals surface area (Å²) in [5, 5.41) is 0.501. The Labute approximate surface area is 270 Å². The van der Waals surface area contributed by atoms with E-state index in [2.05, 4.69) is 0 Å². The van der Waals surface area contributed by atoms with Crippen LogP contribution in [0.4, 0.5) is 0 Å². The molecule has 4 aromatic rings. The highest BCUT2D eigenvalue weighted by Gasteiger charge is 2.54. The highest BCUT2D eigenvalue weighted by Crippen LogP contribution is 2.48. The molecule has 234 valence electrons. The molecule has 2 fully saturated rings. The summed E-state index contributed by atoms with van der Waals surface area (Å²) in [5.41, 5.74) is 4.26. The van der Waals surface area contributed by atoms with Crippen LogP contribution in [0.5, 0.6) is 0 Å². The van der Waals surface area contributed by atoms with Crippen molar-refractivity contribution in [1.29, 1.82) is 0 Å². The fourth-order valence-corrected chi connectivity index (χ4v) is 10.2. The minimum Gasteiger partial charge on any atom is -0.299 e. The van der Waals surface area contributed by atoms with Gasteiger partial charge in [0.05, 0.1) is 21.9 Å². The largest absolute Gasteiger partial charge is 0.299 e. The number of hydrogen-bond acceptors (Lipinski definition) is 5. The van der Waals surface area contributed by atoms with Gasteiger partial charge in [0.1, 0.15) is 5.78 Å². The van der Waals surface area contributed by atoms with Gasteiger partial charge in [0.25, 0.3) is 0 Å². The first kappa shape index (κ1) is 31.6. The topological polar surface area (TPSA) is 91.8 Å².